The zero-order valence-electron chi connectivity index (χ0n) is 16.3. The fraction of sp³-hybridized carbons (Fsp3) is 0.650. The summed E-state index contributed by atoms with van der Waals surface area (Å²) in [4.78, 5) is 28.3. The first-order chi connectivity index (χ1) is 13.1. The molecule has 0 unspecified atom stereocenters. The molecule has 1 saturated carbocycles. The van der Waals surface area contributed by atoms with Crippen molar-refractivity contribution in [3.05, 3.63) is 18.6 Å². The number of amides is 1. The quantitative estimate of drug-likeness (QED) is 0.894. The van der Waals surface area contributed by atoms with Gasteiger partial charge in [0, 0.05) is 39.5 Å². The minimum absolute atomic E-state index is 0.125. The molecule has 1 aliphatic carbocycles. The van der Waals surface area contributed by atoms with Crippen molar-refractivity contribution < 1.29 is 9.53 Å². The Kier molecular flexibility index (Phi) is 5.04. The van der Waals surface area contributed by atoms with Gasteiger partial charge in [-0.15, -0.1) is 0 Å². The standard InChI is InChI=1S/C20H29N5O2/c1-24(19-16-5-10-21-18(16)22-14-23-19)15-3-6-20(7-4-15)8-11-25(12-9-20)17(26)13-27-2/h5,10,14-15H,3-4,6-9,11-13H2,1-2H3,(H,21,22,23). The molecule has 2 fully saturated rings. The van der Waals surface area contributed by atoms with Gasteiger partial charge < -0.3 is 19.5 Å². The fourth-order valence-corrected chi connectivity index (χ4v) is 4.86. The molecule has 1 spiro atoms. The molecule has 3 heterocycles. The molecule has 0 bridgehead atoms. The van der Waals surface area contributed by atoms with Gasteiger partial charge in [-0.05, 0) is 50.0 Å². The zero-order valence-corrected chi connectivity index (χ0v) is 16.3. The third kappa shape index (κ3) is 3.52. The van der Waals surface area contributed by atoms with Crippen molar-refractivity contribution in [3.63, 3.8) is 0 Å². The number of aromatic nitrogens is 3. The number of methoxy groups -OCH3 is 1. The number of carbonyl (C=O) groups excluding carboxylic acids is 1. The molecule has 27 heavy (non-hydrogen) atoms. The minimum atomic E-state index is 0.125. The highest BCUT2D eigenvalue weighted by Gasteiger charge is 2.40. The molecule has 2 aromatic heterocycles. The monoisotopic (exact) mass is 371 g/mol. The van der Waals surface area contributed by atoms with Gasteiger partial charge in [0.05, 0.1) is 5.39 Å². The van der Waals surface area contributed by atoms with Crippen LogP contribution in [-0.4, -0.2) is 65.7 Å². The molecule has 2 aromatic rings. The van der Waals surface area contributed by atoms with Gasteiger partial charge in [-0.1, -0.05) is 0 Å². The smallest absolute Gasteiger partial charge is 0.248 e. The van der Waals surface area contributed by atoms with Gasteiger partial charge in [0.1, 0.15) is 24.4 Å². The van der Waals surface area contributed by atoms with Crippen LogP contribution in [0.25, 0.3) is 11.0 Å². The van der Waals surface area contributed by atoms with Gasteiger partial charge in [-0.25, -0.2) is 9.97 Å². The van der Waals surface area contributed by atoms with E-state index in [4.69, 9.17) is 4.74 Å². The Balaban J connectivity index is 1.37. The first-order valence-electron chi connectivity index (χ1n) is 9.89. The van der Waals surface area contributed by atoms with Crippen molar-refractivity contribution in [2.75, 3.05) is 38.8 Å². The third-order valence-corrected chi connectivity index (χ3v) is 6.68. The molecule has 0 atom stereocenters. The lowest BCUT2D eigenvalue weighted by Crippen LogP contribution is -2.47. The number of nitrogens with one attached hydrogen (secondary N) is 1. The van der Waals surface area contributed by atoms with E-state index in [0.29, 0.717) is 11.5 Å². The molecule has 1 aliphatic heterocycles. The highest BCUT2D eigenvalue weighted by Crippen LogP contribution is 2.46. The molecule has 0 radical (unpaired) electrons. The molecule has 146 valence electrons. The summed E-state index contributed by atoms with van der Waals surface area (Å²) in [6.45, 7) is 1.95. The second-order valence-corrected chi connectivity index (χ2v) is 8.09. The predicted molar refractivity (Wildman–Crippen MR) is 105 cm³/mol. The maximum absolute atomic E-state index is 12.0. The topological polar surface area (TPSA) is 74.3 Å². The first kappa shape index (κ1) is 18.2. The van der Waals surface area contributed by atoms with Gasteiger partial charge in [0.25, 0.3) is 0 Å². The molecule has 7 nitrogen and oxygen atoms in total. The van der Waals surface area contributed by atoms with E-state index in [-0.39, 0.29) is 12.5 Å². The highest BCUT2D eigenvalue weighted by atomic mass is 16.5. The average Bonchev–Trinajstić information content (AvgIpc) is 3.18. The number of piperidine rings is 1. The van der Waals surface area contributed by atoms with Crippen molar-refractivity contribution in [1.82, 2.24) is 19.9 Å². The number of aromatic amines is 1. The van der Waals surface area contributed by atoms with Crippen LogP contribution in [0.5, 0.6) is 0 Å². The zero-order chi connectivity index (χ0) is 18.9. The Bertz CT molecular complexity index is 787. The predicted octanol–water partition coefficient (Wildman–Crippen LogP) is 2.59. The van der Waals surface area contributed by atoms with Crippen molar-refractivity contribution in [1.29, 1.82) is 0 Å². The lowest BCUT2D eigenvalue weighted by atomic mass is 9.66. The van der Waals surface area contributed by atoms with Crippen LogP contribution in [0, 0.1) is 5.41 Å². The number of hydrogen-bond donors (Lipinski definition) is 1. The van der Waals surface area contributed by atoms with Gasteiger partial charge in [-0.2, -0.15) is 0 Å². The number of hydrogen-bond acceptors (Lipinski definition) is 5. The summed E-state index contributed by atoms with van der Waals surface area (Å²) >= 11 is 0. The van der Waals surface area contributed by atoms with E-state index in [1.165, 1.54) is 25.7 Å². The molecule has 7 heteroatoms. The Labute approximate surface area is 160 Å². The number of nitrogens with zero attached hydrogens (tertiary/aromatic N) is 4. The van der Waals surface area contributed by atoms with Gasteiger partial charge in [-0.3, -0.25) is 4.79 Å². The molecular weight excluding hydrogens is 342 g/mol. The Morgan fingerprint density at radius 1 is 1.30 bits per heavy atom. The van der Waals surface area contributed by atoms with Crippen molar-refractivity contribution >= 4 is 22.8 Å². The molecule has 0 aromatic carbocycles. The lowest BCUT2D eigenvalue weighted by molar-refractivity contribution is -0.137. The summed E-state index contributed by atoms with van der Waals surface area (Å²) in [6, 6.07) is 2.56. The van der Waals surface area contributed by atoms with Crippen LogP contribution < -0.4 is 4.90 Å². The molecule has 1 N–H and O–H groups in total. The minimum Gasteiger partial charge on any atom is -0.375 e. The molecule has 1 saturated heterocycles. The first-order valence-corrected chi connectivity index (χ1v) is 9.89. The van der Waals surface area contributed by atoms with E-state index >= 15 is 0 Å². The van der Waals surface area contributed by atoms with Crippen LogP contribution in [0.3, 0.4) is 0 Å². The van der Waals surface area contributed by atoms with Crippen LogP contribution in [0.4, 0.5) is 5.82 Å². The molecule has 4 rings (SSSR count). The number of carbonyl (C=O) groups is 1. The van der Waals surface area contributed by atoms with Crippen LogP contribution in [0.2, 0.25) is 0 Å². The number of anilines is 1. The van der Waals surface area contributed by atoms with Crippen molar-refractivity contribution in [2.45, 2.75) is 44.6 Å². The SMILES string of the molecule is COCC(=O)N1CCC2(CCC(N(C)c3ncnc4[nH]ccc34)CC2)CC1. The molecule has 2 aliphatic rings. The largest absolute Gasteiger partial charge is 0.375 e. The number of ether oxygens (including phenoxy) is 1. The van der Waals surface area contributed by atoms with Gasteiger partial charge in [0.2, 0.25) is 5.91 Å². The summed E-state index contributed by atoms with van der Waals surface area (Å²) in [7, 11) is 3.74. The number of rotatable bonds is 4. The summed E-state index contributed by atoms with van der Waals surface area (Å²) in [5, 5.41) is 1.09. The van der Waals surface area contributed by atoms with E-state index in [0.717, 1.165) is 42.8 Å². The number of fused-ring (bicyclic) bond motifs is 1. The Morgan fingerprint density at radius 3 is 2.74 bits per heavy atom. The van der Waals surface area contributed by atoms with Crippen LogP contribution in [-0.2, 0) is 9.53 Å². The van der Waals surface area contributed by atoms with E-state index in [1.807, 2.05) is 11.1 Å². The summed E-state index contributed by atoms with van der Waals surface area (Å²) in [5.41, 5.74) is 1.31. The maximum atomic E-state index is 12.0. The summed E-state index contributed by atoms with van der Waals surface area (Å²) in [6.07, 6.45) is 10.6. The lowest BCUT2D eigenvalue weighted by Gasteiger charge is -2.47. The average molecular weight is 371 g/mol. The Morgan fingerprint density at radius 2 is 2.04 bits per heavy atom. The molecular formula is C20H29N5O2. The Hall–Kier alpha value is -2.15. The fourth-order valence-electron chi connectivity index (χ4n) is 4.86. The van der Waals surface area contributed by atoms with E-state index < -0.39 is 0 Å². The molecule has 1 amide bonds. The summed E-state index contributed by atoms with van der Waals surface area (Å²) in [5.74, 6) is 1.14. The second-order valence-electron chi connectivity index (χ2n) is 8.09. The van der Waals surface area contributed by atoms with Crippen LogP contribution in [0.15, 0.2) is 18.6 Å². The summed E-state index contributed by atoms with van der Waals surface area (Å²) < 4.78 is 4.99. The van der Waals surface area contributed by atoms with Crippen LogP contribution >= 0.6 is 0 Å². The third-order valence-electron chi connectivity index (χ3n) is 6.68. The van der Waals surface area contributed by atoms with Gasteiger partial charge >= 0.3 is 0 Å². The van der Waals surface area contributed by atoms with E-state index in [2.05, 4.69) is 33.0 Å². The highest BCUT2D eigenvalue weighted by molar-refractivity contribution is 5.87. The van der Waals surface area contributed by atoms with Crippen molar-refractivity contribution in [3.8, 4) is 0 Å². The number of likely N-dealkylation sites (tertiary alicyclic amines) is 1. The van der Waals surface area contributed by atoms with E-state index in [9.17, 15) is 4.79 Å². The van der Waals surface area contributed by atoms with E-state index in [1.54, 1.807) is 13.4 Å². The second kappa shape index (κ2) is 7.46. The van der Waals surface area contributed by atoms with Gasteiger partial charge in [0.15, 0.2) is 0 Å². The van der Waals surface area contributed by atoms with Crippen molar-refractivity contribution in [2.24, 2.45) is 5.41 Å². The normalized spacial score (nSPS) is 20.3. The van der Waals surface area contributed by atoms with Crippen LogP contribution in [0.1, 0.15) is 38.5 Å². The number of H-pyrrole nitrogens is 1. The maximum Gasteiger partial charge on any atom is 0.248 e.